The van der Waals surface area contributed by atoms with Gasteiger partial charge in [0, 0.05) is 17.7 Å². The van der Waals surface area contributed by atoms with Crippen molar-refractivity contribution in [3.05, 3.63) is 63.9 Å². The second-order valence-electron chi connectivity index (χ2n) is 4.54. The lowest BCUT2D eigenvalue weighted by Gasteiger charge is -2.12. The molecule has 0 saturated carbocycles. The smallest absolute Gasteiger partial charge is 0.151 e. The van der Waals surface area contributed by atoms with Crippen molar-refractivity contribution in [3.8, 4) is 0 Å². The van der Waals surface area contributed by atoms with Crippen molar-refractivity contribution >= 4 is 17.9 Å². The standard InChI is InChI=1S/C15H12ClNO/c16-14-6-4-11(8-12(14)9-18)13-5-3-10-2-1-7-17-15(10)13/h1-2,4,6-9,13H,3,5H2. The molecule has 1 aliphatic rings. The molecule has 0 saturated heterocycles. The number of fused-ring (bicyclic) bond motifs is 1. The lowest BCUT2D eigenvalue weighted by molar-refractivity contribution is 0.112. The molecule has 3 heteroatoms. The van der Waals surface area contributed by atoms with Crippen LogP contribution in [0.2, 0.25) is 5.02 Å². The van der Waals surface area contributed by atoms with E-state index in [0.29, 0.717) is 10.6 Å². The van der Waals surface area contributed by atoms with E-state index in [0.717, 1.165) is 30.4 Å². The summed E-state index contributed by atoms with van der Waals surface area (Å²) in [6.07, 6.45) is 4.73. The summed E-state index contributed by atoms with van der Waals surface area (Å²) in [6, 6.07) is 9.76. The number of aromatic nitrogens is 1. The van der Waals surface area contributed by atoms with Gasteiger partial charge in [-0.15, -0.1) is 0 Å². The van der Waals surface area contributed by atoms with Crippen LogP contribution in [-0.4, -0.2) is 11.3 Å². The van der Waals surface area contributed by atoms with Crippen LogP contribution in [0.5, 0.6) is 0 Å². The molecule has 1 unspecified atom stereocenters. The minimum atomic E-state index is 0.289. The zero-order valence-corrected chi connectivity index (χ0v) is 10.5. The highest BCUT2D eigenvalue weighted by molar-refractivity contribution is 6.32. The first kappa shape index (κ1) is 11.4. The first-order valence-electron chi connectivity index (χ1n) is 5.98. The van der Waals surface area contributed by atoms with Crippen molar-refractivity contribution in [3.63, 3.8) is 0 Å². The van der Waals surface area contributed by atoms with Crippen LogP contribution in [0.15, 0.2) is 36.5 Å². The number of nitrogens with zero attached hydrogens (tertiary/aromatic N) is 1. The molecule has 1 aromatic heterocycles. The van der Waals surface area contributed by atoms with Crippen LogP contribution < -0.4 is 0 Å². The summed E-state index contributed by atoms with van der Waals surface area (Å²) in [7, 11) is 0. The Kier molecular flexibility index (Phi) is 2.88. The Morgan fingerprint density at radius 1 is 1.33 bits per heavy atom. The summed E-state index contributed by atoms with van der Waals surface area (Å²) >= 11 is 5.96. The second-order valence-corrected chi connectivity index (χ2v) is 4.95. The molecule has 2 aromatic rings. The number of aldehydes is 1. The molecule has 0 radical (unpaired) electrons. The van der Waals surface area contributed by atoms with Crippen molar-refractivity contribution in [2.45, 2.75) is 18.8 Å². The van der Waals surface area contributed by atoms with Gasteiger partial charge in [-0.1, -0.05) is 23.7 Å². The summed E-state index contributed by atoms with van der Waals surface area (Å²) in [5.74, 6) is 0.289. The molecule has 0 fully saturated rings. The van der Waals surface area contributed by atoms with E-state index in [-0.39, 0.29) is 5.92 Å². The summed E-state index contributed by atoms with van der Waals surface area (Å²) in [5, 5.41) is 0.507. The highest BCUT2D eigenvalue weighted by atomic mass is 35.5. The molecule has 0 bridgehead atoms. The molecule has 0 aliphatic heterocycles. The lowest BCUT2D eigenvalue weighted by atomic mass is 9.95. The van der Waals surface area contributed by atoms with Crippen molar-refractivity contribution in [1.82, 2.24) is 4.98 Å². The van der Waals surface area contributed by atoms with E-state index in [9.17, 15) is 4.79 Å². The van der Waals surface area contributed by atoms with E-state index < -0.39 is 0 Å². The fraction of sp³-hybridized carbons (Fsp3) is 0.200. The van der Waals surface area contributed by atoms with Crippen molar-refractivity contribution in [1.29, 1.82) is 0 Å². The number of carbonyl (C=O) groups excluding carboxylic acids is 1. The lowest BCUT2D eigenvalue weighted by Crippen LogP contribution is -1.99. The molecular weight excluding hydrogens is 246 g/mol. The fourth-order valence-corrected chi connectivity index (χ4v) is 2.77. The van der Waals surface area contributed by atoms with E-state index in [1.807, 2.05) is 24.4 Å². The minimum Gasteiger partial charge on any atom is -0.298 e. The first-order valence-corrected chi connectivity index (χ1v) is 6.36. The van der Waals surface area contributed by atoms with Gasteiger partial charge in [0.1, 0.15) is 0 Å². The highest BCUT2D eigenvalue weighted by Crippen LogP contribution is 2.37. The third kappa shape index (κ3) is 1.83. The number of hydrogen-bond acceptors (Lipinski definition) is 2. The van der Waals surface area contributed by atoms with Gasteiger partial charge in [-0.25, -0.2) is 0 Å². The number of hydrogen-bond donors (Lipinski definition) is 0. The van der Waals surface area contributed by atoms with Crippen LogP contribution in [0, 0.1) is 0 Å². The van der Waals surface area contributed by atoms with Crippen molar-refractivity contribution in [2.75, 3.05) is 0 Å². The van der Waals surface area contributed by atoms with Crippen LogP contribution in [0.3, 0.4) is 0 Å². The molecule has 3 rings (SSSR count). The third-order valence-electron chi connectivity index (χ3n) is 3.51. The topological polar surface area (TPSA) is 30.0 Å². The Hall–Kier alpha value is -1.67. The molecule has 0 amide bonds. The fourth-order valence-electron chi connectivity index (χ4n) is 2.61. The Labute approximate surface area is 111 Å². The van der Waals surface area contributed by atoms with Crippen LogP contribution in [0.4, 0.5) is 0 Å². The summed E-state index contributed by atoms with van der Waals surface area (Å²) in [4.78, 5) is 15.4. The summed E-state index contributed by atoms with van der Waals surface area (Å²) < 4.78 is 0. The zero-order valence-electron chi connectivity index (χ0n) is 9.77. The van der Waals surface area contributed by atoms with Gasteiger partial charge in [0.2, 0.25) is 0 Å². The van der Waals surface area contributed by atoms with Crippen molar-refractivity contribution < 1.29 is 4.79 Å². The average Bonchev–Trinajstić information content (AvgIpc) is 2.83. The average molecular weight is 258 g/mol. The molecule has 90 valence electrons. The molecule has 1 heterocycles. The summed E-state index contributed by atoms with van der Waals surface area (Å²) in [5.41, 5.74) is 4.12. The Morgan fingerprint density at radius 3 is 3.06 bits per heavy atom. The maximum atomic E-state index is 10.9. The number of benzene rings is 1. The van der Waals surface area contributed by atoms with Gasteiger partial charge in [0.25, 0.3) is 0 Å². The number of carbonyl (C=O) groups is 1. The zero-order chi connectivity index (χ0) is 12.5. The van der Waals surface area contributed by atoms with E-state index in [1.165, 1.54) is 5.56 Å². The third-order valence-corrected chi connectivity index (χ3v) is 3.85. The normalized spacial score (nSPS) is 17.5. The van der Waals surface area contributed by atoms with Crippen molar-refractivity contribution in [2.24, 2.45) is 0 Å². The van der Waals surface area contributed by atoms with E-state index in [2.05, 4.69) is 11.1 Å². The van der Waals surface area contributed by atoms with E-state index in [4.69, 9.17) is 11.6 Å². The predicted octanol–water partition coefficient (Wildman–Crippen LogP) is 3.63. The Morgan fingerprint density at radius 2 is 2.22 bits per heavy atom. The van der Waals surface area contributed by atoms with Crippen LogP contribution in [0.1, 0.15) is 39.5 Å². The Bertz CT molecular complexity index is 609. The van der Waals surface area contributed by atoms with Crippen LogP contribution in [0.25, 0.3) is 0 Å². The van der Waals surface area contributed by atoms with E-state index >= 15 is 0 Å². The van der Waals surface area contributed by atoms with Crippen LogP contribution >= 0.6 is 11.6 Å². The number of aryl methyl sites for hydroxylation is 1. The molecule has 0 N–H and O–H groups in total. The first-order chi connectivity index (χ1) is 8.79. The van der Waals surface area contributed by atoms with Gasteiger partial charge in [-0.3, -0.25) is 9.78 Å². The minimum absolute atomic E-state index is 0.289. The SMILES string of the molecule is O=Cc1cc(C2CCc3cccnc32)ccc1Cl. The van der Waals surface area contributed by atoms with Gasteiger partial charge in [-0.2, -0.15) is 0 Å². The molecule has 2 nitrogen and oxygen atoms in total. The quantitative estimate of drug-likeness (QED) is 0.769. The number of pyridine rings is 1. The second kappa shape index (κ2) is 4.54. The van der Waals surface area contributed by atoms with E-state index in [1.54, 1.807) is 6.07 Å². The predicted molar refractivity (Wildman–Crippen MR) is 71.2 cm³/mol. The number of rotatable bonds is 2. The van der Waals surface area contributed by atoms with Crippen LogP contribution in [-0.2, 0) is 6.42 Å². The maximum Gasteiger partial charge on any atom is 0.151 e. The summed E-state index contributed by atoms with van der Waals surface area (Å²) in [6.45, 7) is 0. The highest BCUT2D eigenvalue weighted by Gasteiger charge is 2.25. The van der Waals surface area contributed by atoms with Gasteiger partial charge in [-0.05, 0) is 42.2 Å². The molecule has 1 aromatic carbocycles. The molecule has 0 spiro atoms. The molecule has 18 heavy (non-hydrogen) atoms. The van der Waals surface area contributed by atoms with Gasteiger partial charge < -0.3 is 0 Å². The molecular formula is C15H12ClNO. The van der Waals surface area contributed by atoms with Gasteiger partial charge >= 0.3 is 0 Å². The molecule has 1 atom stereocenters. The maximum absolute atomic E-state index is 10.9. The number of halogens is 1. The monoisotopic (exact) mass is 257 g/mol. The van der Waals surface area contributed by atoms with Gasteiger partial charge in [0.05, 0.1) is 10.7 Å². The Balaban J connectivity index is 2.05. The molecule has 1 aliphatic carbocycles. The van der Waals surface area contributed by atoms with Gasteiger partial charge in [0.15, 0.2) is 6.29 Å². The largest absolute Gasteiger partial charge is 0.298 e.